The van der Waals surface area contributed by atoms with Crippen molar-refractivity contribution < 1.29 is 0 Å². The largest absolute Gasteiger partial charge is 0.0734 e. The molecule has 2 rings (SSSR count). The van der Waals surface area contributed by atoms with Crippen molar-refractivity contribution in [1.29, 1.82) is 0 Å². The number of rotatable bonds is 0. The molecule has 0 N–H and O–H groups in total. The predicted octanol–water partition coefficient (Wildman–Crippen LogP) is 4.03. The van der Waals surface area contributed by atoms with Crippen molar-refractivity contribution in [1.82, 2.24) is 0 Å². The molecule has 0 bridgehead atoms. The van der Waals surface area contributed by atoms with Crippen molar-refractivity contribution in [2.45, 2.75) is 27.7 Å². The molecule has 0 fully saturated rings. The Bertz CT molecular complexity index is 377. The molecule has 0 amide bonds. The van der Waals surface area contributed by atoms with E-state index >= 15 is 0 Å². The average Bonchev–Trinajstić information content (AvgIpc) is 2.16. The number of allylic oxidation sites excluding steroid dienone is 8. The highest BCUT2D eigenvalue weighted by Gasteiger charge is 2.35. The van der Waals surface area contributed by atoms with Crippen LogP contribution in [0.3, 0.4) is 0 Å². The zero-order valence-corrected chi connectivity index (χ0v) is 9.46. The van der Waals surface area contributed by atoms with Crippen LogP contribution in [0.5, 0.6) is 0 Å². The summed E-state index contributed by atoms with van der Waals surface area (Å²) < 4.78 is 0. The van der Waals surface area contributed by atoms with Gasteiger partial charge in [-0.15, -0.1) is 0 Å². The Morgan fingerprint density at radius 2 is 1.93 bits per heavy atom. The molecule has 2 aliphatic carbocycles. The SMILES string of the molecule is CC1=CC2=CC=C(C)[C@@H](C)C2(C)C=C1. The van der Waals surface area contributed by atoms with Crippen molar-refractivity contribution in [2.24, 2.45) is 11.3 Å². The number of fused-ring (bicyclic) bond motifs is 1. The minimum absolute atomic E-state index is 0.221. The lowest BCUT2D eigenvalue weighted by atomic mass is 9.65. The Morgan fingerprint density at radius 1 is 1.21 bits per heavy atom. The molecule has 0 saturated heterocycles. The second-order valence-electron chi connectivity index (χ2n) is 4.76. The van der Waals surface area contributed by atoms with Gasteiger partial charge in [0, 0.05) is 5.41 Å². The van der Waals surface area contributed by atoms with Gasteiger partial charge in [-0.2, -0.15) is 0 Å². The topological polar surface area (TPSA) is 0 Å². The third-order valence-corrected chi connectivity index (χ3v) is 3.81. The van der Waals surface area contributed by atoms with E-state index < -0.39 is 0 Å². The van der Waals surface area contributed by atoms with Crippen LogP contribution >= 0.6 is 0 Å². The number of hydrogen-bond donors (Lipinski definition) is 0. The summed E-state index contributed by atoms with van der Waals surface area (Å²) in [7, 11) is 0. The van der Waals surface area contributed by atoms with Crippen molar-refractivity contribution >= 4 is 0 Å². The van der Waals surface area contributed by atoms with E-state index in [4.69, 9.17) is 0 Å². The van der Waals surface area contributed by atoms with Crippen LogP contribution in [0.4, 0.5) is 0 Å². The monoisotopic (exact) mass is 186 g/mol. The molecule has 0 saturated carbocycles. The molecule has 14 heavy (non-hydrogen) atoms. The fourth-order valence-electron chi connectivity index (χ4n) is 2.31. The summed E-state index contributed by atoms with van der Waals surface area (Å²) in [4.78, 5) is 0. The van der Waals surface area contributed by atoms with Crippen LogP contribution in [-0.4, -0.2) is 0 Å². The lowest BCUT2D eigenvalue weighted by Gasteiger charge is -2.39. The normalized spacial score (nSPS) is 35.7. The first-order valence-electron chi connectivity index (χ1n) is 5.30. The van der Waals surface area contributed by atoms with Gasteiger partial charge in [-0.1, -0.05) is 55.4 Å². The molecule has 2 aliphatic rings. The molecule has 0 aliphatic heterocycles. The highest BCUT2D eigenvalue weighted by atomic mass is 14.4. The summed E-state index contributed by atoms with van der Waals surface area (Å²) in [6, 6.07) is 0. The maximum atomic E-state index is 2.36. The fourth-order valence-corrected chi connectivity index (χ4v) is 2.31. The molecule has 0 aromatic heterocycles. The van der Waals surface area contributed by atoms with Crippen LogP contribution in [0.1, 0.15) is 27.7 Å². The van der Waals surface area contributed by atoms with Crippen LogP contribution in [0.2, 0.25) is 0 Å². The minimum Gasteiger partial charge on any atom is -0.0734 e. The molecule has 74 valence electrons. The maximum absolute atomic E-state index is 2.36. The van der Waals surface area contributed by atoms with Gasteiger partial charge in [0.25, 0.3) is 0 Å². The smallest absolute Gasteiger partial charge is 0.0170 e. The van der Waals surface area contributed by atoms with Crippen molar-refractivity contribution in [2.75, 3.05) is 0 Å². The van der Waals surface area contributed by atoms with Gasteiger partial charge in [0.2, 0.25) is 0 Å². The second kappa shape index (κ2) is 2.98. The van der Waals surface area contributed by atoms with E-state index in [-0.39, 0.29) is 5.41 Å². The van der Waals surface area contributed by atoms with Crippen molar-refractivity contribution in [3.8, 4) is 0 Å². The third kappa shape index (κ3) is 1.21. The zero-order valence-electron chi connectivity index (χ0n) is 9.46. The van der Waals surface area contributed by atoms with Crippen LogP contribution in [-0.2, 0) is 0 Å². The number of hydrogen-bond acceptors (Lipinski definition) is 0. The Balaban J connectivity index is 2.52. The van der Waals surface area contributed by atoms with Crippen molar-refractivity contribution in [3.05, 3.63) is 47.1 Å². The first kappa shape index (κ1) is 9.51. The maximum Gasteiger partial charge on any atom is 0.0170 e. The van der Waals surface area contributed by atoms with Crippen LogP contribution in [0.25, 0.3) is 0 Å². The summed E-state index contributed by atoms with van der Waals surface area (Å²) in [5.74, 6) is 0.614. The molecule has 0 heterocycles. The van der Waals surface area contributed by atoms with Crippen LogP contribution in [0.15, 0.2) is 47.1 Å². The van der Waals surface area contributed by atoms with E-state index in [0.717, 1.165) is 0 Å². The second-order valence-corrected chi connectivity index (χ2v) is 4.76. The highest BCUT2D eigenvalue weighted by Crippen LogP contribution is 2.46. The first-order valence-corrected chi connectivity index (χ1v) is 5.30. The molecule has 2 atom stereocenters. The molecule has 0 radical (unpaired) electrons. The van der Waals surface area contributed by atoms with Gasteiger partial charge >= 0.3 is 0 Å². The molecule has 0 nitrogen and oxygen atoms in total. The van der Waals surface area contributed by atoms with Gasteiger partial charge in [-0.3, -0.25) is 0 Å². The average molecular weight is 186 g/mol. The van der Waals surface area contributed by atoms with Crippen LogP contribution < -0.4 is 0 Å². The summed E-state index contributed by atoms with van der Waals surface area (Å²) >= 11 is 0. The Hall–Kier alpha value is -1.04. The van der Waals surface area contributed by atoms with Gasteiger partial charge in [-0.25, -0.2) is 0 Å². The predicted molar refractivity (Wildman–Crippen MR) is 62.0 cm³/mol. The van der Waals surface area contributed by atoms with Gasteiger partial charge in [-0.05, 0) is 25.3 Å². The van der Waals surface area contributed by atoms with Gasteiger partial charge < -0.3 is 0 Å². The standard InChI is InChI=1S/C14H18/c1-10-7-8-14(4)12(3)11(2)5-6-13(14)9-10/h5-9,12H,1-4H3/t12-,14?/m1/s1. The molecular weight excluding hydrogens is 168 g/mol. The molecule has 0 heteroatoms. The molecule has 1 unspecified atom stereocenters. The Labute approximate surface area is 86.7 Å². The lowest BCUT2D eigenvalue weighted by Crippen LogP contribution is -2.29. The van der Waals surface area contributed by atoms with Gasteiger partial charge in [0.1, 0.15) is 0 Å². The summed E-state index contributed by atoms with van der Waals surface area (Å²) in [5.41, 5.74) is 4.51. The van der Waals surface area contributed by atoms with E-state index in [1.807, 2.05) is 0 Å². The van der Waals surface area contributed by atoms with E-state index in [1.54, 1.807) is 0 Å². The van der Waals surface area contributed by atoms with Crippen molar-refractivity contribution in [3.63, 3.8) is 0 Å². The van der Waals surface area contributed by atoms with Gasteiger partial charge in [0.05, 0.1) is 0 Å². The first-order chi connectivity index (χ1) is 6.54. The van der Waals surface area contributed by atoms with E-state index in [2.05, 4.69) is 58.1 Å². The van der Waals surface area contributed by atoms with E-state index in [1.165, 1.54) is 16.7 Å². The highest BCUT2D eigenvalue weighted by molar-refractivity contribution is 5.48. The molecule has 0 spiro atoms. The zero-order chi connectivity index (χ0) is 10.3. The third-order valence-electron chi connectivity index (χ3n) is 3.81. The van der Waals surface area contributed by atoms with E-state index in [0.29, 0.717) is 5.92 Å². The summed E-state index contributed by atoms with van der Waals surface area (Å²) in [5, 5.41) is 0. The summed E-state index contributed by atoms with van der Waals surface area (Å²) in [6.07, 6.45) is 11.4. The minimum atomic E-state index is 0.221. The quantitative estimate of drug-likeness (QED) is 0.536. The summed E-state index contributed by atoms with van der Waals surface area (Å²) in [6.45, 7) is 9.03. The Morgan fingerprint density at radius 3 is 2.64 bits per heavy atom. The van der Waals surface area contributed by atoms with E-state index in [9.17, 15) is 0 Å². The fraction of sp³-hybridized carbons (Fsp3) is 0.429. The van der Waals surface area contributed by atoms with Gasteiger partial charge in [0.15, 0.2) is 0 Å². The molecule has 0 aromatic rings. The Kier molecular flexibility index (Phi) is 2.02. The molecular formula is C14H18. The lowest BCUT2D eigenvalue weighted by molar-refractivity contribution is 0.378. The molecule has 0 aromatic carbocycles. The van der Waals surface area contributed by atoms with Crippen LogP contribution in [0, 0.1) is 11.3 Å².